The number of ether oxygens (including phenoxy) is 1. The summed E-state index contributed by atoms with van der Waals surface area (Å²) in [5.74, 6) is 0. The van der Waals surface area contributed by atoms with Gasteiger partial charge in [0.05, 0.1) is 12.2 Å². The molecule has 1 N–H and O–H groups in total. The van der Waals surface area contributed by atoms with Crippen LogP contribution in [0.3, 0.4) is 0 Å². The van der Waals surface area contributed by atoms with Gasteiger partial charge >= 0.3 is 0 Å². The minimum atomic E-state index is 0.302. The van der Waals surface area contributed by atoms with Crippen LogP contribution in [0.5, 0.6) is 0 Å². The normalized spacial score (nSPS) is 30.5. The molecular formula is C10H20O2. The SMILES string of the molecule is CC[C@H]1CCCC(CCCO)O1. The minimum absolute atomic E-state index is 0.302. The molecule has 1 aliphatic heterocycles. The first-order chi connectivity index (χ1) is 5.86. The second-order valence-corrected chi connectivity index (χ2v) is 3.59. The second kappa shape index (κ2) is 5.55. The van der Waals surface area contributed by atoms with Crippen LogP contribution in [0.1, 0.15) is 45.4 Å². The largest absolute Gasteiger partial charge is 0.396 e. The van der Waals surface area contributed by atoms with Crippen LogP contribution in [0.4, 0.5) is 0 Å². The quantitative estimate of drug-likeness (QED) is 0.703. The molecule has 0 saturated carbocycles. The summed E-state index contributed by atoms with van der Waals surface area (Å²) in [4.78, 5) is 0. The molecule has 1 aliphatic rings. The molecule has 0 radical (unpaired) electrons. The van der Waals surface area contributed by atoms with E-state index in [0.29, 0.717) is 18.8 Å². The summed E-state index contributed by atoms with van der Waals surface area (Å²) in [7, 11) is 0. The standard InChI is InChI=1S/C10H20O2/c1-2-9-5-3-6-10(12-9)7-4-8-11/h9-11H,2-8H2,1H3/t9-,10?/m0/s1. The Labute approximate surface area is 74.9 Å². The smallest absolute Gasteiger partial charge is 0.0579 e. The van der Waals surface area contributed by atoms with Gasteiger partial charge in [0.2, 0.25) is 0 Å². The van der Waals surface area contributed by atoms with E-state index in [1.165, 1.54) is 19.3 Å². The highest BCUT2D eigenvalue weighted by Crippen LogP contribution is 2.23. The molecule has 1 heterocycles. The van der Waals surface area contributed by atoms with Crippen LogP contribution in [0.2, 0.25) is 0 Å². The fourth-order valence-electron chi connectivity index (χ4n) is 1.81. The van der Waals surface area contributed by atoms with Crippen LogP contribution < -0.4 is 0 Å². The molecule has 0 amide bonds. The number of hydrogen-bond donors (Lipinski definition) is 1. The highest BCUT2D eigenvalue weighted by atomic mass is 16.5. The lowest BCUT2D eigenvalue weighted by molar-refractivity contribution is -0.0559. The maximum atomic E-state index is 8.66. The molecule has 2 heteroatoms. The zero-order valence-electron chi connectivity index (χ0n) is 7.96. The van der Waals surface area contributed by atoms with Gasteiger partial charge < -0.3 is 9.84 Å². The fourth-order valence-corrected chi connectivity index (χ4v) is 1.81. The summed E-state index contributed by atoms with van der Waals surface area (Å²) in [5.41, 5.74) is 0. The predicted molar refractivity (Wildman–Crippen MR) is 49.1 cm³/mol. The van der Waals surface area contributed by atoms with Gasteiger partial charge in [-0.05, 0) is 38.5 Å². The lowest BCUT2D eigenvalue weighted by atomic mass is 10.00. The Hall–Kier alpha value is -0.0800. The molecule has 72 valence electrons. The Bertz CT molecular complexity index is 114. The molecule has 0 aromatic heterocycles. The van der Waals surface area contributed by atoms with E-state index in [4.69, 9.17) is 9.84 Å². The zero-order valence-corrected chi connectivity index (χ0v) is 7.96. The van der Waals surface area contributed by atoms with Crippen molar-refractivity contribution in [2.75, 3.05) is 6.61 Å². The Morgan fingerprint density at radius 3 is 2.75 bits per heavy atom. The van der Waals surface area contributed by atoms with Crippen molar-refractivity contribution in [3.05, 3.63) is 0 Å². The van der Waals surface area contributed by atoms with Crippen LogP contribution >= 0.6 is 0 Å². The molecule has 12 heavy (non-hydrogen) atoms. The first-order valence-corrected chi connectivity index (χ1v) is 5.13. The van der Waals surface area contributed by atoms with Crippen molar-refractivity contribution in [3.63, 3.8) is 0 Å². The Morgan fingerprint density at radius 2 is 2.08 bits per heavy atom. The van der Waals surface area contributed by atoms with Crippen molar-refractivity contribution >= 4 is 0 Å². The van der Waals surface area contributed by atoms with Crippen molar-refractivity contribution < 1.29 is 9.84 Å². The topological polar surface area (TPSA) is 29.5 Å². The second-order valence-electron chi connectivity index (χ2n) is 3.59. The highest BCUT2D eigenvalue weighted by Gasteiger charge is 2.20. The van der Waals surface area contributed by atoms with Crippen LogP contribution in [-0.2, 0) is 4.74 Å². The van der Waals surface area contributed by atoms with Gasteiger partial charge in [0.15, 0.2) is 0 Å². The van der Waals surface area contributed by atoms with Gasteiger partial charge in [-0.2, -0.15) is 0 Å². The van der Waals surface area contributed by atoms with E-state index in [-0.39, 0.29) is 0 Å². The number of rotatable bonds is 4. The van der Waals surface area contributed by atoms with Crippen molar-refractivity contribution in [2.24, 2.45) is 0 Å². The van der Waals surface area contributed by atoms with E-state index in [0.717, 1.165) is 19.3 Å². The maximum absolute atomic E-state index is 8.66. The third kappa shape index (κ3) is 3.11. The minimum Gasteiger partial charge on any atom is -0.396 e. The molecule has 2 atom stereocenters. The van der Waals surface area contributed by atoms with E-state index >= 15 is 0 Å². The molecule has 0 spiro atoms. The molecule has 1 rings (SSSR count). The van der Waals surface area contributed by atoms with Gasteiger partial charge in [-0.1, -0.05) is 6.92 Å². The van der Waals surface area contributed by atoms with E-state index in [2.05, 4.69) is 6.92 Å². The van der Waals surface area contributed by atoms with Gasteiger partial charge in [0.25, 0.3) is 0 Å². The first-order valence-electron chi connectivity index (χ1n) is 5.13. The Morgan fingerprint density at radius 1 is 1.33 bits per heavy atom. The lowest BCUT2D eigenvalue weighted by Crippen LogP contribution is -2.27. The highest BCUT2D eigenvalue weighted by molar-refractivity contribution is 4.69. The molecule has 1 unspecified atom stereocenters. The fraction of sp³-hybridized carbons (Fsp3) is 1.00. The third-order valence-corrected chi connectivity index (χ3v) is 2.58. The Kier molecular flexibility index (Phi) is 4.62. The van der Waals surface area contributed by atoms with Crippen molar-refractivity contribution in [1.82, 2.24) is 0 Å². The van der Waals surface area contributed by atoms with Crippen LogP contribution in [-0.4, -0.2) is 23.9 Å². The van der Waals surface area contributed by atoms with E-state index in [1.807, 2.05) is 0 Å². The summed E-state index contributed by atoms with van der Waals surface area (Å²) in [5, 5.41) is 8.66. The van der Waals surface area contributed by atoms with Crippen molar-refractivity contribution in [1.29, 1.82) is 0 Å². The Balaban J connectivity index is 2.16. The summed E-state index contributed by atoms with van der Waals surface area (Å²) >= 11 is 0. The van der Waals surface area contributed by atoms with Crippen molar-refractivity contribution in [3.8, 4) is 0 Å². The van der Waals surface area contributed by atoms with E-state index in [1.54, 1.807) is 0 Å². The summed E-state index contributed by atoms with van der Waals surface area (Å²) < 4.78 is 5.83. The summed E-state index contributed by atoms with van der Waals surface area (Å²) in [6.07, 6.45) is 7.69. The van der Waals surface area contributed by atoms with Crippen LogP contribution in [0.15, 0.2) is 0 Å². The monoisotopic (exact) mass is 172 g/mol. The molecule has 0 aromatic carbocycles. The van der Waals surface area contributed by atoms with Crippen molar-refractivity contribution in [2.45, 2.75) is 57.7 Å². The van der Waals surface area contributed by atoms with Crippen LogP contribution in [0.25, 0.3) is 0 Å². The maximum Gasteiger partial charge on any atom is 0.0579 e. The zero-order chi connectivity index (χ0) is 8.81. The molecule has 0 aromatic rings. The molecule has 1 fully saturated rings. The van der Waals surface area contributed by atoms with E-state index in [9.17, 15) is 0 Å². The lowest BCUT2D eigenvalue weighted by Gasteiger charge is -2.29. The average Bonchev–Trinajstić information content (AvgIpc) is 2.15. The first kappa shape index (κ1) is 10.0. The van der Waals surface area contributed by atoms with Gasteiger partial charge in [0.1, 0.15) is 0 Å². The van der Waals surface area contributed by atoms with Gasteiger partial charge in [-0.15, -0.1) is 0 Å². The number of hydrogen-bond acceptors (Lipinski definition) is 2. The summed E-state index contributed by atoms with van der Waals surface area (Å²) in [6, 6.07) is 0. The average molecular weight is 172 g/mol. The van der Waals surface area contributed by atoms with Gasteiger partial charge in [-0.25, -0.2) is 0 Å². The van der Waals surface area contributed by atoms with Gasteiger partial charge in [0, 0.05) is 6.61 Å². The predicted octanol–water partition coefficient (Wildman–Crippen LogP) is 2.11. The summed E-state index contributed by atoms with van der Waals surface area (Å²) in [6.45, 7) is 2.48. The molecule has 2 nitrogen and oxygen atoms in total. The molecule has 0 bridgehead atoms. The number of aliphatic hydroxyl groups excluding tert-OH is 1. The molecular weight excluding hydrogens is 152 g/mol. The third-order valence-electron chi connectivity index (χ3n) is 2.58. The van der Waals surface area contributed by atoms with Gasteiger partial charge in [-0.3, -0.25) is 0 Å². The molecule has 0 aliphatic carbocycles. The number of aliphatic hydroxyl groups is 1. The van der Waals surface area contributed by atoms with Crippen LogP contribution in [0, 0.1) is 0 Å². The molecule has 1 saturated heterocycles. The van der Waals surface area contributed by atoms with E-state index < -0.39 is 0 Å².